The summed E-state index contributed by atoms with van der Waals surface area (Å²) in [7, 11) is 0. The van der Waals surface area contributed by atoms with Gasteiger partial charge in [-0.3, -0.25) is 4.79 Å². The van der Waals surface area contributed by atoms with E-state index >= 15 is 0 Å². The van der Waals surface area contributed by atoms with Crippen molar-refractivity contribution in [2.45, 2.75) is 25.3 Å². The Morgan fingerprint density at radius 1 is 1.69 bits per heavy atom. The summed E-state index contributed by atoms with van der Waals surface area (Å²) < 4.78 is 13.0. The van der Waals surface area contributed by atoms with Crippen LogP contribution in [0.4, 0.5) is 4.39 Å². The van der Waals surface area contributed by atoms with Crippen LogP contribution >= 0.6 is 0 Å². The molecule has 0 aliphatic carbocycles. The standard InChI is InChI=1S/C10H18FN3O2/c1-10(13,9(15)16)4-2-3-8(11)7-14-6-5-12/h3,5,12,14H,2,4,6-7,13H2,1H3,(H,15,16)/b8-3+,12-5?/t10-/m1/s1. The number of carboxylic acid groups (broad SMARTS) is 1. The van der Waals surface area contributed by atoms with Gasteiger partial charge in [0.2, 0.25) is 0 Å². The zero-order valence-corrected chi connectivity index (χ0v) is 9.29. The van der Waals surface area contributed by atoms with Crippen LogP contribution in [-0.4, -0.2) is 35.9 Å². The van der Waals surface area contributed by atoms with Crippen LogP contribution in [0, 0.1) is 5.41 Å². The van der Waals surface area contributed by atoms with Crippen LogP contribution in [0.1, 0.15) is 19.8 Å². The first-order valence-electron chi connectivity index (χ1n) is 4.96. The van der Waals surface area contributed by atoms with E-state index in [4.69, 9.17) is 16.2 Å². The molecule has 16 heavy (non-hydrogen) atoms. The van der Waals surface area contributed by atoms with Gasteiger partial charge in [-0.25, -0.2) is 4.39 Å². The maximum absolute atomic E-state index is 13.0. The minimum Gasteiger partial charge on any atom is -0.480 e. The molecule has 6 heteroatoms. The summed E-state index contributed by atoms with van der Waals surface area (Å²) in [5.41, 5.74) is 4.15. The number of nitrogens with one attached hydrogen (secondary N) is 2. The number of hydrogen-bond acceptors (Lipinski definition) is 4. The largest absolute Gasteiger partial charge is 0.480 e. The molecule has 0 fully saturated rings. The average molecular weight is 231 g/mol. The normalized spacial score (nSPS) is 15.6. The van der Waals surface area contributed by atoms with Gasteiger partial charge >= 0.3 is 5.97 Å². The van der Waals surface area contributed by atoms with E-state index in [1.807, 2.05) is 0 Å². The van der Waals surface area contributed by atoms with Crippen LogP contribution in [0.25, 0.3) is 0 Å². The minimum absolute atomic E-state index is 0.0454. The second-order valence-electron chi connectivity index (χ2n) is 3.75. The molecule has 5 nitrogen and oxygen atoms in total. The average Bonchev–Trinajstić information content (AvgIpc) is 2.17. The summed E-state index contributed by atoms with van der Waals surface area (Å²) in [6.45, 7) is 1.75. The third-order valence-corrected chi connectivity index (χ3v) is 2.06. The monoisotopic (exact) mass is 231 g/mol. The molecule has 0 amide bonds. The van der Waals surface area contributed by atoms with Crippen molar-refractivity contribution in [1.82, 2.24) is 5.32 Å². The van der Waals surface area contributed by atoms with Crippen molar-refractivity contribution in [2.24, 2.45) is 5.73 Å². The molecule has 0 saturated carbocycles. The lowest BCUT2D eigenvalue weighted by Crippen LogP contribution is -2.44. The third-order valence-electron chi connectivity index (χ3n) is 2.06. The first kappa shape index (κ1) is 14.7. The Labute approximate surface area is 94.0 Å². The third kappa shape index (κ3) is 6.26. The highest BCUT2D eigenvalue weighted by Crippen LogP contribution is 2.10. The highest BCUT2D eigenvalue weighted by Gasteiger charge is 2.26. The van der Waals surface area contributed by atoms with Gasteiger partial charge in [-0.15, -0.1) is 0 Å². The van der Waals surface area contributed by atoms with Gasteiger partial charge in [-0.1, -0.05) is 6.08 Å². The fourth-order valence-corrected chi connectivity index (χ4v) is 0.971. The first-order valence-corrected chi connectivity index (χ1v) is 4.96. The van der Waals surface area contributed by atoms with Gasteiger partial charge in [0.25, 0.3) is 0 Å². The van der Waals surface area contributed by atoms with Crippen molar-refractivity contribution in [2.75, 3.05) is 13.1 Å². The van der Waals surface area contributed by atoms with Gasteiger partial charge in [0.15, 0.2) is 0 Å². The Hall–Kier alpha value is -1.27. The molecule has 0 radical (unpaired) electrons. The van der Waals surface area contributed by atoms with E-state index < -0.39 is 11.5 Å². The fraction of sp³-hybridized carbons (Fsp3) is 0.600. The van der Waals surface area contributed by atoms with E-state index in [2.05, 4.69) is 5.32 Å². The van der Waals surface area contributed by atoms with Crippen molar-refractivity contribution < 1.29 is 14.3 Å². The number of hydrogen-bond donors (Lipinski definition) is 4. The van der Waals surface area contributed by atoms with Crippen LogP contribution in [0.5, 0.6) is 0 Å². The maximum atomic E-state index is 13.0. The molecule has 0 aromatic carbocycles. The first-order chi connectivity index (χ1) is 7.40. The molecule has 0 rings (SSSR count). The van der Waals surface area contributed by atoms with Crippen LogP contribution in [0.2, 0.25) is 0 Å². The molecule has 5 N–H and O–H groups in total. The summed E-state index contributed by atoms with van der Waals surface area (Å²) in [4.78, 5) is 10.6. The Kier molecular flexibility index (Phi) is 6.52. The van der Waals surface area contributed by atoms with Gasteiger partial charge in [-0.05, 0) is 19.8 Å². The second-order valence-corrected chi connectivity index (χ2v) is 3.75. The lowest BCUT2D eigenvalue weighted by molar-refractivity contribution is -0.142. The van der Waals surface area contributed by atoms with E-state index in [-0.39, 0.29) is 25.2 Å². The van der Waals surface area contributed by atoms with E-state index in [0.29, 0.717) is 6.54 Å². The summed E-state index contributed by atoms with van der Waals surface area (Å²) >= 11 is 0. The van der Waals surface area contributed by atoms with Crippen LogP contribution < -0.4 is 11.1 Å². The number of allylic oxidation sites excluding steroid dienone is 1. The number of rotatable bonds is 8. The molecule has 0 spiro atoms. The van der Waals surface area contributed by atoms with Crippen LogP contribution in [0.3, 0.4) is 0 Å². The molecule has 0 aliphatic rings. The Balaban J connectivity index is 3.90. The highest BCUT2D eigenvalue weighted by molar-refractivity contribution is 5.77. The van der Waals surface area contributed by atoms with Crippen LogP contribution in [-0.2, 0) is 4.79 Å². The molecular weight excluding hydrogens is 213 g/mol. The molecule has 1 atom stereocenters. The van der Waals surface area contributed by atoms with Crippen molar-refractivity contribution in [3.63, 3.8) is 0 Å². The van der Waals surface area contributed by atoms with E-state index in [1.165, 1.54) is 13.0 Å². The lowest BCUT2D eigenvalue weighted by atomic mass is 9.97. The van der Waals surface area contributed by atoms with Crippen molar-refractivity contribution in [3.05, 3.63) is 11.9 Å². The molecule has 0 saturated heterocycles. The summed E-state index contributed by atoms with van der Waals surface area (Å²) in [5, 5.41) is 18.1. The Morgan fingerprint density at radius 2 is 2.31 bits per heavy atom. The van der Waals surface area contributed by atoms with Crippen LogP contribution in [0.15, 0.2) is 11.9 Å². The summed E-state index contributed by atoms with van der Waals surface area (Å²) in [5.74, 6) is -1.47. The lowest BCUT2D eigenvalue weighted by Gasteiger charge is -2.17. The predicted molar refractivity (Wildman–Crippen MR) is 60.3 cm³/mol. The topological polar surface area (TPSA) is 99.2 Å². The number of carbonyl (C=O) groups is 1. The molecule has 0 aliphatic heterocycles. The second kappa shape index (κ2) is 7.08. The van der Waals surface area contributed by atoms with E-state index in [9.17, 15) is 9.18 Å². The molecule has 92 valence electrons. The van der Waals surface area contributed by atoms with Gasteiger partial charge in [-0.2, -0.15) is 0 Å². The summed E-state index contributed by atoms with van der Waals surface area (Å²) in [6, 6.07) is 0. The van der Waals surface area contributed by atoms with Gasteiger partial charge in [0.1, 0.15) is 11.4 Å². The number of carboxylic acids is 1. The number of nitrogens with two attached hydrogens (primary N) is 1. The number of halogens is 1. The Morgan fingerprint density at radius 3 is 2.81 bits per heavy atom. The maximum Gasteiger partial charge on any atom is 0.323 e. The van der Waals surface area contributed by atoms with Crippen molar-refractivity contribution in [1.29, 1.82) is 5.41 Å². The smallest absolute Gasteiger partial charge is 0.323 e. The van der Waals surface area contributed by atoms with Gasteiger partial charge in [0.05, 0.1) is 0 Å². The van der Waals surface area contributed by atoms with Gasteiger partial charge in [0, 0.05) is 19.3 Å². The number of aliphatic carboxylic acids is 1. The Bertz CT molecular complexity index is 277. The van der Waals surface area contributed by atoms with Crippen molar-refractivity contribution in [3.8, 4) is 0 Å². The summed E-state index contributed by atoms with van der Waals surface area (Å²) in [6.07, 6.45) is 2.90. The highest BCUT2D eigenvalue weighted by atomic mass is 19.1. The zero-order chi connectivity index (χ0) is 12.6. The zero-order valence-electron chi connectivity index (χ0n) is 9.29. The molecule has 0 heterocycles. The minimum atomic E-state index is -1.32. The molecule has 0 aromatic rings. The molecule has 0 bridgehead atoms. The van der Waals surface area contributed by atoms with Gasteiger partial charge < -0.3 is 21.6 Å². The molecule has 0 aromatic heterocycles. The van der Waals surface area contributed by atoms with E-state index in [0.717, 1.165) is 6.21 Å². The quantitative estimate of drug-likeness (QED) is 0.364. The molecular formula is C10H18FN3O2. The SMILES string of the molecule is C[C@@](N)(CC/C=C(/F)CNCC=N)C(=O)O. The van der Waals surface area contributed by atoms with Crippen molar-refractivity contribution >= 4 is 12.2 Å². The predicted octanol–water partition coefficient (Wildman–Crippen LogP) is 0.661. The molecule has 0 unspecified atom stereocenters. The fourth-order valence-electron chi connectivity index (χ4n) is 0.971. The van der Waals surface area contributed by atoms with E-state index in [1.54, 1.807) is 0 Å².